The Morgan fingerprint density at radius 1 is 1.44 bits per heavy atom. The summed E-state index contributed by atoms with van der Waals surface area (Å²) in [6.07, 6.45) is -0.362. The molecule has 0 radical (unpaired) electrons. The quantitative estimate of drug-likeness (QED) is 0.828. The van der Waals surface area contributed by atoms with Gasteiger partial charge in [-0.15, -0.1) is 0 Å². The van der Waals surface area contributed by atoms with Gasteiger partial charge in [-0.3, -0.25) is 4.79 Å². The van der Waals surface area contributed by atoms with Gasteiger partial charge in [0.25, 0.3) is 5.91 Å². The van der Waals surface area contributed by atoms with Gasteiger partial charge in [0, 0.05) is 13.5 Å². The number of carbonyl (C=O) groups excluding carboxylic acids is 1. The first-order valence-electron chi connectivity index (χ1n) is 8.45. The summed E-state index contributed by atoms with van der Waals surface area (Å²) >= 11 is 0. The molecule has 0 spiro atoms. The van der Waals surface area contributed by atoms with Gasteiger partial charge in [0.15, 0.2) is 6.61 Å². The van der Waals surface area contributed by atoms with E-state index in [0.717, 1.165) is 0 Å². The van der Waals surface area contributed by atoms with E-state index in [0.29, 0.717) is 43.1 Å². The van der Waals surface area contributed by atoms with Crippen molar-refractivity contribution in [2.75, 3.05) is 26.3 Å². The average molecular weight is 345 g/mol. The molecule has 1 unspecified atom stereocenters. The molecule has 0 aliphatic carbocycles. The lowest BCUT2D eigenvalue weighted by atomic mass is 10.0. The van der Waals surface area contributed by atoms with Crippen LogP contribution in [0.3, 0.4) is 0 Å². The van der Waals surface area contributed by atoms with Crippen LogP contribution >= 0.6 is 0 Å². The van der Waals surface area contributed by atoms with Gasteiger partial charge in [-0.2, -0.15) is 4.98 Å². The maximum Gasteiger partial charge on any atom is 0.260 e. The summed E-state index contributed by atoms with van der Waals surface area (Å²) in [5, 5.41) is 3.87. The standard InChI is InChI=1S/C18H23N3O4/c1-12(2)14-5-4-6-15(9-14)24-11-17(22)21-7-8-23-16(10-21)18-19-13(3)25-20-18/h4-6,9,12,16H,7-8,10-11H2,1-3H3. The number of ether oxygens (including phenoxy) is 2. The fourth-order valence-corrected chi connectivity index (χ4v) is 2.68. The molecule has 25 heavy (non-hydrogen) atoms. The molecule has 1 fully saturated rings. The van der Waals surface area contributed by atoms with Crippen molar-refractivity contribution in [2.24, 2.45) is 0 Å². The summed E-state index contributed by atoms with van der Waals surface area (Å²) in [4.78, 5) is 18.3. The molecule has 1 atom stereocenters. The second-order valence-corrected chi connectivity index (χ2v) is 6.39. The van der Waals surface area contributed by atoms with Crippen molar-refractivity contribution in [1.82, 2.24) is 15.0 Å². The highest BCUT2D eigenvalue weighted by Crippen LogP contribution is 2.22. The molecule has 3 rings (SSSR count). The van der Waals surface area contributed by atoms with Gasteiger partial charge >= 0.3 is 0 Å². The van der Waals surface area contributed by atoms with Crippen molar-refractivity contribution >= 4 is 5.91 Å². The Morgan fingerprint density at radius 3 is 3.00 bits per heavy atom. The van der Waals surface area contributed by atoms with Crippen LogP contribution in [0, 0.1) is 6.92 Å². The van der Waals surface area contributed by atoms with Gasteiger partial charge in [0.05, 0.1) is 13.2 Å². The predicted octanol–water partition coefficient (Wildman–Crippen LogP) is 2.48. The molecule has 1 amide bonds. The highest BCUT2D eigenvalue weighted by molar-refractivity contribution is 5.77. The van der Waals surface area contributed by atoms with E-state index < -0.39 is 0 Å². The van der Waals surface area contributed by atoms with Crippen molar-refractivity contribution in [2.45, 2.75) is 32.8 Å². The highest BCUT2D eigenvalue weighted by Gasteiger charge is 2.28. The van der Waals surface area contributed by atoms with Gasteiger partial charge in [-0.25, -0.2) is 0 Å². The zero-order valence-electron chi connectivity index (χ0n) is 14.8. The third-order valence-electron chi connectivity index (χ3n) is 4.14. The zero-order chi connectivity index (χ0) is 17.8. The van der Waals surface area contributed by atoms with Crippen LogP contribution in [0.5, 0.6) is 5.75 Å². The van der Waals surface area contributed by atoms with Crippen LogP contribution in [-0.2, 0) is 9.53 Å². The van der Waals surface area contributed by atoms with E-state index in [1.165, 1.54) is 5.56 Å². The second kappa shape index (κ2) is 7.65. The molecular weight excluding hydrogens is 322 g/mol. The number of morpholine rings is 1. The summed E-state index contributed by atoms with van der Waals surface area (Å²) in [6, 6.07) is 7.84. The third-order valence-corrected chi connectivity index (χ3v) is 4.14. The smallest absolute Gasteiger partial charge is 0.260 e. The first-order chi connectivity index (χ1) is 12.0. The maximum absolute atomic E-state index is 12.5. The first kappa shape index (κ1) is 17.4. The fraction of sp³-hybridized carbons (Fsp3) is 0.500. The minimum atomic E-state index is -0.362. The lowest BCUT2D eigenvalue weighted by molar-refractivity contribution is -0.141. The maximum atomic E-state index is 12.5. The molecule has 0 bridgehead atoms. The van der Waals surface area contributed by atoms with Gasteiger partial charge in [0.1, 0.15) is 11.9 Å². The molecule has 1 aromatic carbocycles. The Kier molecular flexibility index (Phi) is 5.33. The number of hydrogen-bond donors (Lipinski definition) is 0. The molecule has 1 saturated heterocycles. The molecule has 0 N–H and O–H groups in total. The lowest BCUT2D eigenvalue weighted by Gasteiger charge is -2.31. The molecule has 134 valence electrons. The van der Waals surface area contributed by atoms with E-state index in [1.807, 2.05) is 18.2 Å². The number of hydrogen-bond acceptors (Lipinski definition) is 6. The number of aryl methyl sites for hydroxylation is 1. The summed E-state index contributed by atoms with van der Waals surface area (Å²) in [7, 11) is 0. The molecule has 7 heteroatoms. The molecule has 0 saturated carbocycles. The lowest BCUT2D eigenvalue weighted by Crippen LogP contribution is -2.44. The monoisotopic (exact) mass is 345 g/mol. The molecule has 2 heterocycles. The number of carbonyl (C=O) groups is 1. The second-order valence-electron chi connectivity index (χ2n) is 6.39. The topological polar surface area (TPSA) is 77.7 Å². The number of rotatable bonds is 5. The Morgan fingerprint density at radius 2 is 2.28 bits per heavy atom. The van der Waals surface area contributed by atoms with Crippen molar-refractivity contribution in [3.63, 3.8) is 0 Å². The molecule has 1 aliphatic heterocycles. The van der Waals surface area contributed by atoms with Crippen LogP contribution in [0.4, 0.5) is 0 Å². The van der Waals surface area contributed by atoms with E-state index in [9.17, 15) is 4.79 Å². The Hall–Kier alpha value is -2.41. The van der Waals surface area contributed by atoms with Crippen LogP contribution < -0.4 is 4.74 Å². The van der Waals surface area contributed by atoms with Crippen LogP contribution in [0.1, 0.15) is 43.1 Å². The van der Waals surface area contributed by atoms with Gasteiger partial charge in [0.2, 0.25) is 11.7 Å². The number of amides is 1. The van der Waals surface area contributed by atoms with Crippen LogP contribution in [0.2, 0.25) is 0 Å². The van der Waals surface area contributed by atoms with Crippen LogP contribution in [-0.4, -0.2) is 47.3 Å². The van der Waals surface area contributed by atoms with Crippen LogP contribution in [0.15, 0.2) is 28.8 Å². The summed E-state index contributed by atoms with van der Waals surface area (Å²) in [5.74, 6) is 2.00. The number of benzene rings is 1. The molecule has 1 aliphatic rings. The fourth-order valence-electron chi connectivity index (χ4n) is 2.68. The summed E-state index contributed by atoms with van der Waals surface area (Å²) < 4.78 is 16.3. The highest BCUT2D eigenvalue weighted by atomic mass is 16.5. The van der Waals surface area contributed by atoms with E-state index in [2.05, 4.69) is 30.1 Å². The SMILES string of the molecule is Cc1nc(C2CN(C(=O)COc3cccc(C(C)C)c3)CCO2)no1. The van der Waals surface area contributed by atoms with Crippen molar-refractivity contribution in [3.05, 3.63) is 41.5 Å². The van der Waals surface area contributed by atoms with Crippen molar-refractivity contribution in [3.8, 4) is 5.75 Å². The normalized spacial score (nSPS) is 17.8. The predicted molar refractivity (Wildman–Crippen MR) is 90.3 cm³/mol. The van der Waals surface area contributed by atoms with Crippen LogP contribution in [0.25, 0.3) is 0 Å². The summed E-state index contributed by atoms with van der Waals surface area (Å²) in [6.45, 7) is 7.33. The molecule has 7 nitrogen and oxygen atoms in total. The van der Waals surface area contributed by atoms with E-state index in [1.54, 1.807) is 11.8 Å². The minimum absolute atomic E-state index is 0.000456. The van der Waals surface area contributed by atoms with E-state index in [-0.39, 0.29) is 18.6 Å². The van der Waals surface area contributed by atoms with Gasteiger partial charge in [-0.05, 0) is 23.6 Å². The Bertz CT molecular complexity index is 729. The molecule has 1 aromatic heterocycles. The molecule has 2 aromatic rings. The number of aromatic nitrogens is 2. The average Bonchev–Trinajstić information content (AvgIpc) is 3.06. The van der Waals surface area contributed by atoms with E-state index in [4.69, 9.17) is 14.0 Å². The largest absolute Gasteiger partial charge is 0.484 e. The van der Waals surface area contributed by atoms with E-state index >= 15 is 0 Å². The van der Waals surface area contributed by atoms with Crippen molar-refractivity contribution < 1.29 is 18.8 Å². The van der Waals surface area contributed by atoms with Gasteiger partial charge in [-0.1, -0.05) is 31.1 Å². The van der Waals surface area contributed by atoms with Crippen molar-refractivity contribution in [1.29, 1.82) is 0 Å². The third kappa shape index (κ3) is 4.36. The van der Waals surface area contributed by atoms with Gasteiger partial charge < -0.3 is 18.9 Å². The summed E-state index contributed by atoms with van der Waals surface area (Å²) in [5.41, 5.74) is 1.18. The first-order valence-corrected chi connectivity index (χ1v) is 8.45. The zero-order valence-corrected chi connectivity index (χ0v) is 14.8. The molecular formula is C18H23N3O4. The number of nitrogens with zero attached hydrogens (tertiary/aromatic N) is 3. The minimum Gasteiger partial charge on any atom is -0.484 e. The Labute approximate surface area is 146 Å². The Balaban J connectivity index is 1.56.